The second-order valence-corrected chi connectivity index (χ2v) is 4.55. The lowest BCUT2D eigenvalue weighted by Gasteiger charge is -2.13. The molecular weight excluding hydrogens is 262 g/mol. The lowest BCUT2D eigenvalue weighted by Crippen LogP contribution is -2.37. The lowest BCUT2D eigenvalue weighted by atomic mass is 10.1. The first-order valence-corrected chi connectivity index (χ1v) is 6.71. The maximum atomic E-state index is 11.0. The Balaban J connectivity index is 0.00000324. The molecule has 0 saturated carbocycles. The Hall–Kier alpha value is -1.06. The molecule has 0 heterocycles. The Morgan fingerprint density at radius 1 is 1.21 bits per heavy atom. The number of carbonyl (C=O) groups is 1. The van der Waals surface area contributed by atoms with Crippen molar-refractivity contribution >= 4 is 18.4 Å². The molecule has 0 aliphatic carbocycles. The van der Waals surface area contributed by atoms with Crippen molar-refractivity contribution in [1.82, 2.24) is 5.32 Å². The molecule has 0 bridgehead atoms. The normalized spacial score (nSPS) is 11.7. The lowest BCUT2D eigenvalue weighted by molar-refractivity contribution is -0.139. The van der Waals surface area contributed by atoms with E-state index < -0.39 is 12.0 Å². The Kier molecular flexibility index (Phi) is 9.27. The number of rotatable bonds is 8. The molecule has 0 aliphatic heterocycles. The number of carboxylic acid groups (broad SMARTS) is 1. The number of aryl methyl sites for hydroxylation is 1. The van der Waals surface area contributed by atoms with Gasteiger partial charge in [-0.15, -0.1) is 12.4 Å². The van der Waals surface area contributed by atoms with Crippen LogP contribution in [0.2, 0.25) is 0 Å². The summed E-state index contributed by atoms with van der Waals surface area (Å²) in [7, 11) is 0. The summed E-state index contributed by atoms with van der Waals surface area (Å²) in [5.41, 5.74) is 2.58. The first kappa shape index (κ1) is 17.9. The van der Waals surface area contributed by atoms with Crippen molar-refractivity contribution in [2.75, 3.05) is 6.54 Å². The van der Waals surface area contributed by atoms with E-state index in [9.17, 15) is 4.79 Å². The molecule has 3 nitrogen and oxygen atoms in total. The molecule has 1 rings (SSSR count). The van der Waals surface area contributed by atoms with Crippen LogP contribution in [0.5, 0.6) is 0 Å². The van der Waals surface area contributed by atoms with Crippen LogP contribution in [0.25, 0.3) is 0 Å². The molecule has 0 radical (unpaired) electrons. The summed E-state index contributed by atoms with van der Waals surface area (Å²) < 4.78 is 0. The predicted octanol–water partition coefficient (Wildman–Crippen LogP) is 3.06. The molecule has 0 amide bonds. The minimum Gasteiger partial charge on any atom is -0.480 e. The van der Waals surface area contributed by atoms with E-state index in [4.69, 9.17) is 5.11 Å². The van der Waals surface area contributed by atoms with Gasteiger partial charge in [-0.2, -0.15) is 0 Å². The van der Waals surface area contributed by atoms with Crippen LogP contribution in [0.3, 0.4) is 0 Å². The van der Waals surface area contributed by atoms with E-state index in [-0.39, 0.29) is 12.4 Å². The minimum atomic E-state index is -0.752. The fourth-order valence-electron chi connectivity index (χ4n) is 1.93. The van der Waals surface area contributed by atoms with E-state index in [1.54, 1.807) is 0 Å². The van der Waals surface area contributed by atoms with Gasteiger partial charge in [0, 0.05) is 0 Å². The molecule has 108 valence electrons. The monoisotopic (exact) mass is 285 g/mol. The van der Waals surface area contributed by atoms with Gasteiger partial charge in [0.1, 0.15) is 6.04 Å². The molecule has 0 fully saturated rings. The van der Waals surface area contributed by atoms with Crippen LogP contribution < -0.4 is 5.32 Å². The Labute approximate surface area is 121 Å². The molecule has 1 unspecified atom stereocenters. The number of aliphatic carboxylic acids is 1. The third kappa shape index (κ3) is 6.60. The second kappa shape index (κ2) is 9.82. The van der Waals surface area contributed by atoms with Gasteiger partial charge in [0.2, 0.25) is 0 Å². The number of hydrogen-bond acceptors (Lipinski definition) is 2. The average Bonchev–Trinajstić information content (AvgIpc) is 2.38. The fraction of sp³-hybridized carbons (Fsp3) is 0.533. The molecule has 0 aromatic heterocycles. The molecule has 4 heteroatoms. The SMILES string of the molecule is CCCC(NCCc1ccc(CC)cc1)C(=O)O.Cl. The second-order valence-electron chi connectivity index (χ2n) is 4.55. The molecule has 0 aliphatic rings. The van der Waals surface area contributed by atoms with E-state index in [2.05, 4.69) is 36.5 Å². The van der Waals surface area contributed by atoms with E-state index in [1.807, 2.05) is 6.92 Å². The van der Waals surface area contributed by atoms with Crippen molar-refractivity contribution in [2.24, 2.45) is 0 Å². The molecule has 0 saturated heterocycles. The topological polar surface area (TPSA) is 49.3 Å². The summed E-state index contributed by atoms with van der Waals surface area (Å²) in [5.74, 6) is -0.752. The highest BCUT2D eigenvalue weighted by Crippen LogP contribution is 2.05. The van der Waals surface area contributed by atoms with Crippen molar-refractivity contribution < 1.29 is 9.90 Å². The highest BCUT2D eigenvalue weighted by Gasteiger charge is 2.14. The number of halogens is 1. The summed E-state index contributed by atoms with van der Waals surface area (Å²) in [5, 5.41) is 12.1. The third-order valence-electron chi connectivity index (χ3n) is 3.11. The van der Waals surface area contributed by atoms with Crippen LogP contribution in [0, 0.1) is 0 Å². The van der Waals surface area contributed by atoms with E-state index in [0.717, 1.165) is 19.3 Å². The van der Waals surface area contributed by atoms with Gasteiger partial charge < -0.3 is 10.4 Å². The van der Waals surface area contributed by atoms with Gasteiger partial charge in [0.25, 0.3) is 0 Å². The van der Waals surface area contributed by atoms with Crippen LogP contribution in [0.1, 0.15) is 37.8 Å². The zero-order chi connectivity index (χ0) is 13.4. The molecule has 1 aromatic carbocycles. The standard InChI is InChI=1S/C15H23NO2.ClH/c1-3-5-14(15(17)18)16-11-10-13-8-6-12(4-2)7-9-13;/h6-9,14,16H,3-5,10-11H2,1-2H3,(H,17,18);1H. The maximum absolute atomic E-state index is 11.0. The van der Waals surface area contributed by atoms with Crippen LogP contribution in [-0.4, -0.2) is 23.7 Å². The van der Waals surface area contributed by atoms with Crippen LogP contribution in [-0.2, 0) is 17.6 Å². The molecule has 1 atom stereocenters. The zero-order valence-electron chi connectivity index (χ0n) is 11.7. The first-order valence-electron chi connectivity index (χ1n) is 6.71. The average molecular weight is 286 g/mol. The Bertz CT molecular complexity index is 365. The zero-order valence-corrected chi connectivity index (χ0v) is 12.5. The molecular formula is C15H24ClNO2. The summed E-state index contributed by atoms with van der Waals surface area (Å²) >= 11 is 0. The van der Waals surface area contributed by atoms with E-state index in [1.165, 1.54) is 11.1 Å². The van der Waals surface area contributed by atoms with Gasteiger partial charge in [0.05, 0.1) is 0 Å². The Morgan fingerprint density at radius 3 is 2.26 bits per heavy atom. The van der Waals surface area contributed by atoms with Crippen LogP contribution in [0.4, 0.5) is 0 Å². The summed E-state index contributed by atoms with van der Waals surface area (Å²) in [4.78, 5) is 11.0. The third-order valence-corrected chi connectivity index (χ3v) is 3.11. The number of carboxylic acids is 1. The maximum Gasteiger partial charge on any atom is 0.320 e. The highest BCUT2D eigenvalue weighted by atomic mass is 35.5. The fourth-order valence-corrected chi connectivity index (χ4v) is 1.93. The van der Waals surface area contributed by atoms with Crippen molar-refractivity contribution in [1.29, 1.82) is 0 Å². The first-order chi connectivity index (χ1) is 8.67. The summed E-state index contributed by atoms with van der Waals surface area (Å²) in [6.07, 6.45) is 3.49. The predicted molar refractivity (Wildman–Crippen MR) is 81.1 cm³/mol. The summed E-state index contributed by atoms with van der Waals surface area (Å²) in [6.45, 7) is 4.85. The van der Waals surface area contributed by atoms with E-state index >= 15 is 0 Å². The van der Waals surface area contributed by atoms with Gasteiger partial charge >= 0.3 is 5.97 Å². The van der Waals surface area contributed by atoms with Gasteiger partial charge in [-0.25, -0.2) is 0 Å². The van der Waals surface area contributed by atoms with Crippen molar-refractivity contribution in [3.05, 3.63) is 35.4 Å². The number of benzene rings is 1. The van der Waals surface area contributed by atoms with Crippen molar-refractivity contribution in [3.63, 3.8) is 0 Å². The number of hydrogen-bond donors (Lipinski definition) is 2. The van der Waals surface area contributed by atoms with E-state index in [0.29, 0.717) is 13.0 Å². The molecule has 1 aromatic rings. The minimum absolute atomic E-state index is 0. The largest absolute Gasteiger partial charge is 0.480 e. The van der Waals surface area contributed by atoms with Crippen LogP contribution >= 0.6 is 12.4 Å². The van der Waals surface area contributed by atoms with Gasteiger partial charge in [-0.05, 0) is 36.9 Å². The van der Waals surface area contributed by atoms with Gasteiger partial charge in [-0.3, -0.25) is 4.79 Å². The quantitative estimate of drug-likeness (QED) is 0.772. The van der Waals surface area contributed by atoms with Crippen molar-refractivity contribution in [2.45, 2.75) is 45.6 Å². The van der Waals surface area contributed by atoms with Gasteiger partial charge in [-0.1, -0.05) is 44.5 Å². The smallest absolute Gasteiger partial charge is 0.320 e. The van der Waals surface area contributed by atoms with Gasteiger partial charge in [0.15, 0.2) is 0 Å². The Morgan fingerprint density at radius 2 is 1.79 bits per heavy atom. The van der Waals surface area contributed by atoms with Crippen molar-refractivity contribution in [3.8, 4) is 0 Å². The highest BCUT2D eigenvalue weighted by molar-refractivity contribution is 5.85. The molecule has 0 spiro atoms. The van der Waals surface area contributed by atoms with Crippen LogP contribution in [0.15, 0.2) is 24.3 Å². The number of nitrogens with one attached hydrogen (secondary N) is 1. The molecule has 2 N–H and O–H groups in total. The summed E-state index contributed by atoms with van der Waals surface area (Å²) in [6, 6.07) is 8.10. The molecule has 19 heavy (non-hydrogen) atoms.